The molecule has 20 heavy (non-hydrogen) atoms. The van der Waals surface area contributed by atoms with E-state index in [1.807, 2.05) is 32.0 Å². The van der Waals surface area contributed by atoms with E-state index in [0.29, 0.717) is 0 Å². The third-order valence-electron chi connectivity index (χ3n) is 2.90. The Labute approximate surface area is 124 Å². The number of carbonyl (C=O) groups excluding carboxylic acids is 1. The van der Waals surface area contributed by atoms with Gasteiger partial charge >= 0.3 is 5.97 Å². The van der Waals surface area contributed by atoms with Crippen LogP contribution in [0.15, 0.2) is 22.8 Å². The van der Waals surface area contributed by atoms with Gasteiger partial charge in [0, 0.05) is 10.7 Å². The number of benzene rings is 1. The lowest BCUT2D eigenvalue weighted by molar-refractivity contribution is 0.0593. The molecule has 2 rings (SSSR count). The summed E-state index contributed by atoms with van der Waals surface area (Å²) in [5, 5.41) is 13.3. The smallest absolute Gasteiger partial charge is 0.359 e. The van der Waals surface area contributed by atoms with Gasteiger partial charge in [-0.3, -0.25) is 0 Å². The molecular formula is C14H12BrN3O2. The van der Waals surface area contributed by atoms with E-state index in [1.54, 1.807) is 4.68 Å². The minimum absolute atomic E-state index is 0.0247. The number of nitrogens with zero attached hydrogens (tertiary/aromatic N) is 3. The number of nitriles is 1. The molecule has 0 radical (unpaired) electrons. The van der Waals surface area contributed by atoms with E-state index in [4.69, 9.17) is 5.26 Å². The van der Waals surface area contributed by atoms with Crippen molar-refractivity contribution >= 4 is 21.9 Å². The molecule has 6 heteroatoms. The molecule has 102 valence electrons. The molecule has 0 spiro atoms. The molecule has 0 fully saturated rings. The van der Waals surface area contributed by atoms with E-state index in [1.165, 1.54) is 13.3 Å². The zero-order valence-corrected chi connectivity index (χ0v) is 12.9. The highest BCUT2D eigenvalue weighted by atomic mass is 79.9. The Morgan fingerprint density at radius 2 is 2.00 bits per heavy atom. The third kappa shape index (κ3) is 2.45. The molecular weight excluding hydrogens is 322 g/mol. The first kappa shape index (κ1) is 14.3. The predicted molar refractivity (Wildman–Crippen MR) is 76.8 cm³/mol. The van der Waals surface area contributed by atoms with Crippen molar-refractivity contribution in [1.82, 2.24) is 9.78 Å². The topological polar surface area (TPSA) is 67.9 Å². The Balaban J connectivity index is 2.64. The van der Waals surface area contributed by atoms with Crippen LogP contribution in [-0.4, -0.2) is 22.9 Å². The zero-order chi connectivity index (χ0) is 14.9. The standard InChI is InChI=1S/C14H12BrN3O2/c1-8-4-11(15)5-9(2)13(8)18-7-10(6-16)12(17-18)14(19)20-3/h4-5,7H,1-3H3. The van der Waals surface area contributed by atoms with E-state index in [-0.39, 0.29) is 11.3 Å². The summed E-state index contributed by atoms with van der Waals surface area (Å²) in [4.78, 5) is 11.6. The number of aryl methyl sites for hydroxylation is 2. The molecule has 0 bridgehead atoms. The van der Waals surface area contributed by atoms with Gasteiger partial charge in [-0.15, -0.1) is 0 Å². The predicted octanol–water partition coefficient (Wildman–Crippen LogP) is 2.91. The molecule has 0 unspecified atom stereocenters. The Bertz CT molecular complexity index is 706. The van der Waals surface area contributed by atoms with Crippen LogP contribution in [0.1, 0.15) is 27.2 Å². The second kappa shape index (κ2) is 5.47. The Kier molecular flexibility index (Phi) is 3.91. The highest BCUT2D eigenvalue weighted by molar-refractivity contribution is 9.10. The van der Waals surface area contributed by atoms with E-state index in [9.17, 15) is 4.79 Å². The van der Waals surface area contributed by atoms with Crippen LogP contribution in [0.4, 0.5) is 0 Å². The maximum Gasteiger partial charge on any atom is 0.359 e. The van der Waals surface area contributed by atoms with Gasteiger partial charge in [-0.25, -0.2) is 9.48 Å². The number of carbonyl (C=O) groups is 1. The van der Waals surface area contributed by atoms with Crippen LogP contribution >= 0.6 is 15.9 Å². The number of ether oxygens (including phenoxy) is 1. The summed E-state index contributed by atoms with van der Waals surface area (Å²) in [6.07, 6.45) is 1.54. The van der Waals surface area contributed by atoms with Crippen LogP contribution in [-0.2, 0) is 4.74 Å². The van der Waals surface area contributed by atoms with Crippen molar-refractivity contribution < 1.29 is 9.53 Å². The lowest BCUT2D eigenvalue weighted by Gasteiger charge is -2.10. The van der Waals surface area contributed by atoms with Crippen LogP contribution < -0.4 is 0 Å². The fraction of sp³-hybridized carbons (Fsp3) is 0.214. The van der Waals surface area contributed by atoms with E-state index >= 15 is 0 Å². The summed E-state index contributed by atoms with van der Waals surface area (Å²) < 4.78 is 7.15. The van der Waals surface area contributed by atoms with Crippen molar-refractivity contribution in [1.29, 1.82) is 5.26 Å². The molecule has 1 aromatic heterocycles. The summed E-state index contributed by atoms with van der Waals surface area (Å²) in [5.74, 6) is -0.618. The van der Waals surface area contributed by atoms with Gasteiger partial charge in [0.05, 0.1) is 12.8 Å². The molecule has 5 nitrogen and oxygen atoms in total. The molecule has 0 saturated heterocycles. The minimum atomic E-state index is -0.618. The van der Waals surface area contributed by atoms with Crippen molar-refractivity contribution in [3.63, 3.8) is 0 Å². The molecule has 0 saturated carbocycles. The third-order valence-corrected chi connectivity index (χ3v) is 3.36. The van der Waals surface area contributed by atoms with E-state index in [2.05, 4.69) is 25.8 Å². The van der Waals surface area contributed by atoms with Crippen molar-refractivity contribution in [2.75, 3.05) is 7.11 Å². The Hall–Kier alpha value is -2.13. The first-order chi connectivity index (χ1) is 9.47. The average molecular weight is 334 g/mol. The Morgan fingerprint density at radius 3 is 2.50 bits per heavy atom. The number of rotatable bonds is 2. The SMILES string of the molecule is COC(=O)c1nn(-c2c(C)cc(Br)cc2C)cc1C#N. The number of methoxy groups -OCH3 is 1. The second-order valence-corrected chi connectivity index (χ2v) is 5.24. The molecule has 2 aromatic rings. The number of hydrogen-bond donors (Lipinski definition) is 0. The fourth-order valence-electron chi connectivity index (χ4n) is 2.08. The van der Waals surface area contributed by atoms with Crippen LogP contribution in [0, 0.1) is 25.2 Å². The molecule has 1 heterocycles. The quantitative estimate of drug-likeness (QED) is 0.792. The number of halogens is 1. The van der Waals surface area contributed by atoms with Crippen molar-refractivity contribution in [3.05, 3.63) is 45.2 Å². The van der Waals surface area contributed by atoms with Gasteiger partial charge in [-0.05, 0) is 37.1 Å². The number of hydrogen-bond acceptors (Lipinski definition) is 4. The second-order valence-electron chi connectivity index (χ2n) is 4.33. The van der Waals surface area contributed by atoms with E-state index < -0.39 is 5.97 Å². The fourth-order valence-corrected chi connectivity index (χ4v) is 2.77. The maximum atomic E-state index is 11.6. The summed E-state index contributed by atoms with van der Waals surface area (Å²) in [6.45, 7) is 3.89. The maximum absolute atomic E-state index is 11.6. The Morgan fingerprint density at radius 1 is 1.40 bits per heavy atom. The molecule has 0 aliphatic rings. The summed E-state index contributed by atoms with van der Waals surface area (Å²) >= 11 is 3.43. The van der Waals surface area contributed by atoms with Crippen LogP contribution in [0.25, 0.3) is 5.69 Å². The molecule has 0 amide bonds. The van der Waals surface area contributed by atoms with Crippen molar-refractivity contribution in [2.24, 2.45) is 0 Å². The summed E-state index contributed by atoms with van der Waals surface area (Å²) in [7, 11) is 1.26. The minimum Gasteiger partial charge on any atom is -0.464 e. The van der Waals surface area contributed by atoms with Gasteiger partial charge in [0.2, 0.25) is 0 Å². The van der Waals surface area contributed by atoms with Crippen molar-refractivity contribution in [2.45, 2.75) is 13.8 Å². The van der Waals surface area contributed by atoms with Gasteiger partial charge in [-0.2, -0.15) is 10.4 Å². The lowest BCUT2D eigenvalue weighted by atomic mass is 10.1. The monoisotopic (exact) mass is 333 g/mol. The number of aromatic nitrogens is 2. The van der Waals surface area contributed by atoms with Crippen LogP contribution in [0.2, 0.25) is 0 Å². The van der Waals surface area contributed by atoms with Gasteiger partial charge in [0.1, 0.15) is 11.6 Å². The molecule has 0 aliphatic carbocycles. The average Bonchev–Trinajstić information content (AvgIpc) is 2.80. The normalized spacial score (nSPS) is 10.2. The van der Waals surface area contributed by atoms with Gasteiger partial charge < -0.3 is 4.74 Å². The summed E-state index contributed by atoms with van der Waals surface area (Å²) in [6, 6.07) is 5.86. The summed E-state index contributed by atoms with van der Waals surface area (Å²) in [5.41, 5.74) is 3.04. The van der Waals surface area contributed by atoms with Crippen LogP contribution in [0.3, 0.4) is 0 Å². The highest BCUT2D eigenvalue weighted by Gasteiger charge is 2.19. The first-order valence-corrected chi connectivity index (χ1v) is 6.62. The molecule has 0 aliphatic heterocycles. The van der Waals surface area contributed by atoms with Gasteiger partial charge in [-0.1, -0.05) is 15.9 Å². The lowest BCUT2D eigenvalue weighted by Crippen LogP contribution is -2.06. The largest absolute Gasteiger partial charge is 0.464 e. The number of esters is 1. The van der Waals surface area contributed by atoms with E-state index in [0.717, 1.165) is 21.3 Å². The van der Waals surface area contributed by atoms with Crippen LogP contribution in [0.5, 0.6) is 0 Å². The highest BCUT2D eigenvalue weighted by Crippen LogP contribution is 2.24. The molecule has 0 atom stereocenters. The zero-order valence-electron chi connectivity index (χ0n) is 11.3. The van der Waals surface area contributed by atoms with Gasteiger partial charge in [0.15, 0.2) is 5.69 Å². The molecule has 1 aromatic carbocycles. The first-order valence-electron chi connectivity index (χ1n) is 5.83. The van der Waals surface area contributed by atoms with Crippen molar-refractivity contribution in [3.8, 4) is 11.8 Å². The molecule has 0 N–H and O–H groups in total. The van der Waals surface area contributed by atoms with Gasteiger partial charge in [0.25, 0.3) is 0 Å².